The van der Waals surface area contributed by atoms with Crippen LogP contribution in [0.5, 0.6) is 5.75 Å². The standard InChI is InChI=1S/C19H27N2O/c1-3-15(4-2)11-12-22-19-8-6-5-7-16(19)14-21-18-10-9-17(13-18)20-21/h5-8,11,14,17-18,20H,3-4,9-10,12-13H2,1-2H3/q+1/b21-14+/t17-,18+/m0/s1. The van der Waals surface area contributed by atoms with E-state index in [4.69, 9.17) is 4.74 Å². The van der Waals surface area contributed by atoms with E-state index in [1.807, 2.05) is 6.07 Å². The molecular weight excluding hydrogens is 272 g/mol. The molecule has 22 heavy (non-hydrogen) atoms. The molecule has 0 amide bonds. The number of fused-ring (bicyclic) bond motifs is 2. The number of hydrazone groups is 1. The molecular formula is C19H27N2O+. The number of rotatable bonds is 6. The summed E-state index contributed by atoms with van der Waals surface area (Å²) in [4.78, 5) is 0. The molecule has 1 aliphatic carbocycles. The van der Waals surface area contributed by atoms with Crippen LogP contribution in [0.3, 0.4) is 0 Å². The number of allylic oxidation sites excluding steroid dienone is 1. The molecule has 1 aliphatic heterocycles. The molecule has 1 aromatic rings. The minimum atomic E-state index is 0.654. The first-order valence-electron chi connectivity index (χ1n) is 8.59. The summed E-state index contributed by atoms with van der Waals surface area (Å²) in [5.41, 5.74) is 6.19. The molecule has 3 nitrogen and oxygen atoms in total. The van der Waals surface area contributed by atoms with Crippen molar-refractivity contribution in [1.82, 2.24) is 5.43 Å². The summed E-state index contributed by atoms with van der Waals surface area (Å²) in [5, 5.41) is 0. The van der Waals surface area contributed by atoms with Crippen LogP contribution in [0.1, 0.15) is 51.5 Å². The van der Waals surface area contributed by atoms with Crippen LogP contribution >= 0.6 is 0 Å². The van der Waals surface area contributed by atoms with Crippen molar-refractivity contribution < 1.29 is 9.42 Å². The van der Waals surface area contributed by atoms with Gasteiger partial charge in [-0.05, 0) is 37.5 Å². The monoisotopic (exact) mass is 299 g/mol. The van der Waals surface area contributed by atoms with Crippen molar-refractivity contribution >= 4 is 6.21 Å². The summed E-state index contributed by atoms with van der Waals surface area (Å²) >= 11 is 0. The molecule has 2 fully saturated rings. The maximum Gasteiger partial charge on any atom is 0.204 e. The number of hydrogen-bond acceptors (Lipinski definition) is 2. The third-order valence-electron chi connectivity index (χ3n) is 4.85. The van der Waals surface area contributed by atoms with E-state index in [1.54, 1.807) is 0 Å². The summed E-state index contributed by atoms with van der Waals surface area (Å²) in [6.45, 7) is 5.05. The second-order valence-corrected chi connectivity index (χ2v) is 6.25. The lowest BCUT2D eigenvalue weighted by Crippen LogP contribution is -2.36. The van der Waals surface area contributed by atoms with Gasteiger partial charge < -0.3 is 4.74 Å². The summed E-state index contributed by atoms with van der Waals surface area (Å²) in [6.07, 6.45) is 10.5. The van der Waals surface area contributed by atoms with Gasteiger partial charge in [0.15, 0.2) is 6.04 Å². The Morgan fingerprint density at radius 3 is 2.77 bits per heavy atom. The van der Waals surface area contributed by atoms with E-state index >= 15 is 0 Å². The lowest BCUT2D eigenvalue weighted by atomic mass is 10.1. The average Bonchev–Trinajstić information content (AvgIpc) is 3.16. The second kappa shape index (κ2) is 6.99. The predicted molar refractivity (Wildman–Crippen MR) is 90.6 cm³/mol. The molecule has 1 aromatic carbocycles. The van der Waals surface area contributed by atoms with E-state index in [9.17, 15) is 0 Å². The van der Waals surface area contributed by atoms with Gasteiger partial charge >= 0.3 is 0 Å². The van der Waals surface area contributed by atoms with E-state index in [0.717, 1.165) is 24.2 Å². The minimum absolute atomic E-state index is 0.654. The summed E-state index contributed by atoms with van der Waals surface area (Å²) in [5.74, 6) is 0.967. The van der Waals surface area contributed by atoms with Gasteiger partial charge in [0.05, 0.1) is 11.6 Å². The fourth-order valence-corrected chi connectivity index (χ4v) is 3.44. The Hall–Kier alpha value is -1.77. The fourth-order valence-electron chi connectivity index (χ4n) is 3.44. The van der Waals surface area contributed by atoms with Crippen LogP contribution in [0.2, 0.25) is 0 Å². The highest BCUT2D eigenvalue weighted by Crippen LogP contribution is 2.27. The number of hydrogen-bond donors (Lipinski definition) is 1. The normalized spacial score (nSPS) is 24.4. The van der Waals surface area contributed by atoms with Crippen LogP contribution in [0.15, 0.2) is 35.9 Å². The van der Waals surface area contributed by atoms with Crippen molar-refractivity contribution in [2.45, 2.75) is 58.0 Å². The van der Waals surface area contributed by atoms with Gasteiger partial charge in [0.1, 0.15) is 12.4 Å². The second-order valence-electron chi connectivity index (χ2n) is 6.25. The Bertz CT molecular complexity index is 571. The van der Waals surface area contributed by atoms with Crippen molar-refractivity contribution in [3.8, 4) is 5.75 Å². The minimum Gasteiger partial charge on any atom is -0.489 e. The highest BCUT2D eigenvalue weighted by Gasteiger charge is 2.41. The largest absolute Gasteiger partial charge is 0.489 e. The molecule has 0 radical (unpaired) electrons. The number of nitrogens with zero attached hydrogens (tertiary/aromatic N) is 1. The lowest BCUT2D eigenvalue weighted by molar-refractivity contribution is -0.604. The van der Waals surface area contributed by atoms with Gasteiger partial charge in [0.25, 0.3) is 0 Å². The van der Waals surface area contributed by atoms with Gasteiger partial charge in [0.2, 0.25) is 6.21 Å². The zero-order valence-electron chi connectivity index (χ0n) is 13.7. The Kier molecular flexibility index (Phi) is 4.81. The highest BCUT2D eigenvalue weighted by atomic mass is 16.5. The van der Waals surface area contributed by atoms with Gasteiger partial charge in [-0.15, -0.1) is 4.68 Å². The van der Waals surface area contributed by atoms with Crippen LogP contribution in [0, 0.1) is 0 Å². The molecule has 1 N–H and O–H groups in total. The highest BCUT2D eigenvalue weighted by molar-refractivity contribution is 5.80. The SMILES string of the molecule is CCC(=CCOc1ccccc1/C=[N+]1/N[C@H]2CC[C@@H]1C2)CC. The number of benzene rings is 1. The third kappa shape index (κ3) is 3.34. The topological polar surface area (TPSA) is 24.3 Å². The zero-order chi connectivity index (χ0) is 15.4. The van der Waals surface area contributed by atoms with Crippen LogP contribution in [-0.4, -0.2) is 29.6 Å². The van der Waals surface area contributed by atoms with Gasteiger partial charge in [-0.2, -0.15) is 5.43 Å². The van der Waals surface area contributed by atoms with Crippen molar-refractivity contribution in [3.63, 3.8) is 0 Å². The van der Waals surface area contributed by atoms with Gasteiger partial charge in [-0.25, -0.2) is 0 Å². The lowest BCUT2D eigenvalue weighted by Gasteiger charge is -2.11. The van der Waals surface area contributed by atoms with E-state index in [2.05, 4.69) is 54.4 Å². The smallest absolute Gasteiger partial charge is 0.204 e. The number of ether oxygens (including phenoxy) is 1. The van der Waals surface area contributed by atoms with Crippen LogP contribution < -0.4 is 10.2 Å². The summed E-state index contributed by atoms with van der Waals surface area (Å²) in [7, 11) is 0. The van der Waals surface area contributed by atoms with Crippen molar-refractivity contribution in [1.29, 1.82) is 0 Å². The Morgan fingerprint density at radius 1 is 1.27 bits per heavy atom. The first-order chi connectivity index (χ1) is 10.8. The molecule has 3 rings (SSSR count). The molecule has 0 spiro atoms. The Morgan fingerprint density at radius 2 is 2.09 bits per heavy atom. The first-order valence-corrected chi connectivity index (χ1v) is 8.59. The molecule has 2 aliphatic rings. The summed E-state index contributed by atoms with van der Waals surface area (Å²) < 4.78 is 8.29. The van der Waals surface area contributed by atoms with E-state index < -0.39 is 0 Å². The molecule has 3 heteroatoms. The van der Waals surface area contributed by atoms with E-state index in [0.29, 0.717) is 18.7 Å². The maximum atomic E-state index is 6.00. The van der Waals surface area contributed by atoms with Crippen molar-refractivity contribution in [3.05, 3.63) is 41.5 Å². The third-order valence-corrected chi connectivity index (χ3v) is 4.85. The van der Waals surface area contributed by atoms with Crippen molar-refractivity contribution in [2.24, 2.45) is 0 Å². The number of nitrogens with one attached hydrogen (secondary N) is 1. The van der Waals surface area contributed by atoms with Crippen LogP contribution in [0.4, 0.5) is 0 Å². The van der Waals surface area contributed by atoms with Gasteiger partial charge in [-0.3, -0.25) is 0 Å². The number of hydrazine groups is 1. The molecule has 2 atom stereocenters. The van der Waals surface area contributed by atoms with Crippen LogP contribution in [0.25, 0.3) is 0 Å². The molecule has 0 unspecified atom stereocenters. The Labute approximate surface area is 133 Å². The molecule has 1 saturated carbocycles. The quantitative estimate of drug-likeness (QED) is 0.640. The molecule has 1 saturated heterocycles. The van der Waals surface area contributed by atoms with Gasteiger partial charge in [-0.1, -0.05) is 31.6 Å². The van der Waals surface area contributed by atoms with Crippen LogP contribution in [-0.2, 0) is 0 Å². The first kappa shape index (κ1) is 15.1. The predicted octanol–water partition coefficient (Wildman–Crippen LogP) is 3.68. The average molecular weight is 299 g/mol. The maximum absolute atomic E-state index is 6.00. The van der Waals surface area contributed by atoms with E-state index in [-0.39, 0.29) is 0 Å². The fraction of sp³-hybridized carbons (Fsp3) is 0.526. The Balaban J connectivity index is 1.70. The zero-order valence-corrected chi connectivity index (χ0v) is 13.7. The molecule has 1 heterocycles. The summed E-state index contributed by atoms with van der Waals surface area (Å²) in [6, 6.07) is 9.64. The van der Waals surface area contributed by atoms with E-state index in [1.165, 1.54) is 24.8 Å². The molecule has 0 aromatic heterocycles. The molecule has 2 bridgehead atoms. The van der Waals surface area contributed by atoms with Gasteiger partial charge in [0, 0.05) is 12.8 Å². The van der Waals surface area contributed by atoms with Crippen molar-refractivity contribution in [2.75, 3.05) is 6.61 Å². The molecule has 118 valence electrons. The number of para-hydroxylation sites is 1.